The molecule has 1 fully saturated rings. The lowest BCUT2D eigenvalue weighted by atomic mass is 9.96. The second-order valence-corrected chi connectivity index (χ2v) is 7.05. The van der Waals surface area contributed by atoms with Crippen molar-refractivity contribution in [2.24, 2.45) is 11.7 Å². The number of aromatic nitrogens is 1. The molecular formula is C18H21ClFN3O4. The summed E-state index contributed by atoms with van der Waals surface area (Å²) in [6, 6.07) is 1.39. The summed E-state index contributed by atoms with van der Waals surface area (Å²) < 4.78 is 21.9. The van der Waals surface area contributed by atoms with E-state index >= 15 is 0 Å². The number of hydrogen-bond acceptors (Lipinski definition) is 5. The van der Waals surface area contributed by atoms with Gasteiger partial charge in [0.25, 0.3) is 5.56 Å². The van der Waals surface area contributed by atoms with E-state index in [2.05, 4.69) is 0 Å². The lowest BCUT2D eigenvalue weighted by Crippen LogP contribution is -2.30. The van der Waals surface area contributed by atoms with Crippen LogP contribution in [0.15, 0.2) is 17.1 Å². The quantitative estimate of drug-likeness (QED) is 0.820. The Hall–Kier alpha value is -2.32. The predicted octanol–water partition coefficient (Wildman–Crippen LogP) is 1.84. The third-order valence-electron chi connectivity index (χ3n) is 5.34. The monoisotopic (exact) mass is 397 g/mol. The van der Waals surface area contributed by atoms with Crippen molar-refractivity contribution in [1.82, 2.24) is 4.40 Å². The van der Waals surface area contributed by atoms with Crippen LogP contribution in [-0.4, -0.2) is 41.7 Å². The van der Waals surface area contributed by atoms with Crippen LogP contribution in [0.1, 0.15) is 35.2 Å². The molecule has 0 aliphatic carbocycles. The number of anilines is 1. The standard InChI is InChI=1S/C18H20FN3O4.ClH/c1-9-8-26-16-14-11(9)4-12(18(24)25)17(23)22(14)7-13(19)15(16)21-3-2-10(5-20)6-21;/h4,7,9-10H,2-3,5-6,8,20H2,1H3,(H,24,25);1H/t9-,10?;/m0./s1. The number of aromatic carboxylic acids is 1. The van der Waals surface area contributed by atoms with Gasteiger partial charge in [-0.15, -0.1) is 12.4 Å². The van der Waals surface area contributed by atoms with Crippen molar-refractivity contribution in [3.05, 3.63) is 39.6 Å². The van der Waals surface area contributed by atoms with Gasteiger partial charge in [-0.2, -0.15) is 0 Å². The summed E-state index contributed by atoms with van der Waals surface area (Å²) in [7, 11) is 0. The number of nitrogens with two attached hydrogens (primary N) is 1. The number of carboxylic acids is 1. The molecule has 4 rings (SSSR count). The number of hydrogen-bond donors (Lipinski definition) is 2. The number of carbonyl (C=O) groups is 1. The summed E-state index contributed by atoms with van der Waals surface area (Å²) in [5.41, 5.74) is 6.07. The third-order valence-corrected chi connectivity index (χ3v) is 5.34. The van der Waals surface area contributed by atoms with Crippen molar-refractivity contribution in [3.63, 3.8) is 0 Å². The molecule has 27 heavy (non-hydrogen) atoms. The Bertz CT molecular complexity index is 977. The van der Waals surface area contributed by atoms with Crippen LogP contribution in [-0.2, 0) is 0 Å². The molecule has 1 saturated heterocycles. The van der Waals surface area contributed by atoms with Gasteiger partial charge in [-0.05, 0) is 30.5 Å². The largest absolute Gasteiger partial charge is 0.488 e. The molecule has 4 heterocycles. The highest BCUT2D eigenvalue weighted by atomic mass is 35.5. The van der Waals surface area contributed by atoms with Crippen LogP contribution in [0, 0.1) is 11.7 Å². The Morgan fingerprint density at radius 1 is 1.48 bits per heavy atom. The van der Waals surface area contributed by atoms with Crippen LogP contribution in [0.4, 0.5) is 10.1 Å². The number of carboxylic acid groups (broad SMARTS) is 1. The van der Waals surface area contributed by atoms with Crippen molar-refractivity contribution >= 4 is 29.6 Å². The van der Waals surface area contributed by atoms with Crippen LogP contribution in [0.3, 0.4) is 0 Å². The fraction of sp³-hybridized carbons (Fsp3) is 0.444. The molecule has 0 bridgehead atoms. The van der Waals surface area contributed by atoms with Gasteiger partial charge in [-0.1, -0.05) is 6.92 Å². The molecule has 9 heteroatoms. The molecule has 2 atom stereocenters. The van der Waals surface area contributed by atoms with Crippen molar-refractivity contribution in [2.75, 3.05) is 31.1 Å². The normalized spacial score (nSPS) is 21.1. The van der Waals surface area contributed by atoms with Crippen molar-refractivity contribution in [1.29, 1.82) is 0 Å². The van der Waals surface area contributed by atoms with Gasteiger partial charge in [-0.25, -0.2) is 9.18 Å². The van der Waals surface area contributed by atoms with Crippen molar-refractivity contribution in [3.8, 4) is 5.75 Å². The molecule has 2 aromatic heterocycles. The maximum absolute atomic E-state index is 15.0. The van der Waals surface area contributed by atoms with Gasteiger partial charge in [0.05, 0.1) is 18.3 Å². The van der Waals surface area contributed by atoms with Crippen LogP contribution in [0.25, 0.3) is 5.52 Å². The fourth-order valence-corrected chi connectivity index (χ4v) is 3.90. The van der Waals surface area contributed by atoms with Gasteiger partial charge >= 0.3 is 5.97 Å². The van der Waals surface area contributed by atoms with E-state index in [1.54, 1.807) is 0 Å². The van der Waals surface area contributed by atoms with E-state index in [1.807, 2.05) is 11.8 Å². The first-order valence-corrected chi connectivity index (χ1v) is 8.65. The minimum atomic E-state index is -1.32. The molecule has 2 aliphatic rings. The Morgan fingerprint density at radius 2 is 2.22 bits per heavy atom. The van der Waals surface area contributed by atoms with Crippen LogP contribution < -0.4 is 20.9 Å². The van der Waals surface area contributed by atoms with Gasteiger partial charge in [0, 0.05) is 19.0 Å². The first-order chi connectivity index (χ1) is 12.4. The van der Waals surface area contributed by atoms with E-state index in [9.17, 15) is 19.1 Å². The fourth-order valence-electron chi connectivity index (χ4n) is 3.90. The van der Waals surface area contributed by atoms with Gasteiger partial charge in [0.15, 0.2) is 11.6 Å². The van der Waals surface area contributed by atoms with E-state index in [1.165, 1.54) is 6.07 Å². The number of pyridine rings is 2. The molecule has 1 unspecified atom stereocenters. The average molecular weight is 398 g/mol. The smallest absolute Gasteiger partial charge is 0.341 e. The molecule has 0 amide bonds. The first kappa shape index (κ1) is 19.4. The predicted molar refractivity (Wildman–Crippen MR) is 101 cm³/mol. The topological polar surface area (TPSA) is 97.3 Å². The Labute approximate surface area is 160 Å². The molecule has 2 aliphatic heterocycles. The van der Waals surface area contributed by atoms with Crippen molar-refractivity contribution in [2.45, 2.75) is 19.3 Å². The van der Waals surface area contributed by atoms with Crippen LogP contribution >= 0.6 is 12.4 Å². The minimum absolute atomic E-state index is 0. The second-order valence-electron chi connectivity index (χ2n) is 7.05. The maximum Gasteiger partial charge on any atom is 0.341 e. The summed E-state index contributed by atoms with van der Waals surface area (Å²) >= 11 is 0. The van der Waals surface area contributed by atoms with E-state index in [-0.39, 0.29) is 29.8 Å². The van der Waals surface area contributed by atoms with Crippen LogP contribution in [0.5, 0.6) is 5.75 Å². The zero-order valence-electron chi connectivity index (χ0n) is 14.8. The van der Waals surface area contributed by atoms with E-state index in [4.69, 9.17) is 10.5 Å². The summed E-state index contributed by atoms with van der Waals surface area (Å²) in [4.78, 5) is 25.8. The zero-order chi connectivity index (χ0) is 18.6. The van der Waals surface area contributed by atoms with E-state index < -0.39 is 17.3 Å². The molecule has 0 aromatic carbocycles. The molecular weight excluding hydrogens is 377 g/mol. The molecule has 0 saturated carbocycles. The highest BCUT2D eigenvalue weighted by molar-refractivity contribution is 5.90. The van der Waals surface area contributed by atoms with Gasteiger partial charge in [0.2, 0.25) is 0 Å². The van der Waals surface area contributed by atoms with E-state index in [0.29, 0.717) is 48.8 Å². The number of halogens is 2. The lowest BCUT2D eigenvalue weighted by Gasteiger charge is -2.29. The van der Waals surface area contributed by atoms with Gasteiger partial charge in [-0.3, -0.25) is 9.20 Å². The third kappa shape index (κ3) is 2.93. The van der Waals surface area contributed by atoms with Gasteiger partial charge in [0.1, 0.15) is 11.3 Å². The van der Waals surface area contributed by atoms with E-state index in [0.717, 1.165) is 17.0 Å². The highest BCUT2D eigenvalue weighted by Gasteiger charge is 2.33. The second kappa shape index (κ2) is 7.01. The molecule has 3 N–H and O–H groups in total. The molecule has 0 radical (unpaired) electrons. The first-order valence-electron chi connectivity index (χ1n) is 8.65. The average Bonchev–Trinajstić information content (AvgIpc) is 3.07. The Morgan fingerprint density at radius 3 is 2.85 bits per heavy atom. The summed E-state index contributed by atoms with van der Waals surface area (Å²) in [5.74, 6) is -1.43. The number of nitrogens with zero attached hydrogens (tertiary/aromatic N) is 2. The molecule has 0 spiro atoms. The Kier molecular flexibility index (Phi) is 5.05. The molecule has 2 aromatic rings. The summed E-state index contributed by atoms with van der Waals surface area (Å²) in [6.07, 6.45) is 1.94. The lowest BCUT2D eigenvalue weighted by molar-refractivity contribution is 0.0694. The van der Waals surface area contributed by atoms with Crippen LogP contribution in [0.2, 0.25) is 0 Å². The summed E-state index contributed by atoms with van der Waals surface area (Å²) in [6.45, 7) is 4.00. The molecule has 146 valence electrons. The maximum atomic E-state index is 15.0. The molecule has 7 nitrogen and oxygen atoms in total. The zero-order valence-corrected chi connectivity index (χ0v) is 15.6. The summed E-state index contributed by atoms with van der Waals surface area (Å²) in [5, 5.41) is 9.31. The Balaban J connectivity index is 0.00000210. The van der Waals surface area contributed by atoms with Crippen molar-refractivity contribution < 1.29 is 19.0 Å². The number of rotatable bonds is 3. The van der Waals surface area contributed by atoms with Gasteiger partial charge < -0.3 is 20.5 Å². The SMILES string of the molecule is C[C@H]1COc2c(N3CCC(CN)C3)c(F)cn3c(=O)c(C(=O)O)cc1c23.Cl. The minimum Gasteiger partial charge on any atom is -0.488 e. The number of ether oxygens (including phenoxy) is 1. The highest BCUT2D eigenvalue weighted by Crippen LogP contribution is 2.43.